The minimum atomic E-state index is 0.380. The molecule has 1 aliphatic rings. The van der Waals surface area contributed by atoms with Gasteiger partial charge in [0.1, 0.15) is 6.10 Å². The van der Waals surface area contributed by atoms with Gasteiger partial charge in [0.15, 0.2) is 5.90 Å². The Morgan fingerprint density at radius 1 is 1.16 bits per heavy atom. The van der Waals surface area contributed by atoms with E-state index in [-0.39, 0.29) is 0 Å². The molecule has 0 aromatic heterocycles. The third-order valence-corrected chi connectivity index (χ3v) is 4.63. The maximum Gasteiger partial charge on any atom is 0.183 e. The highest BCUT2D eigenvalue weighted by Gasteiger charge is 2.13. The van der Waals surface area contributed by atoms with Crippen molar-refractivity contribution in [1.82, 2.24) is 0 Å². The van der Waals surface area contributed by atoms with Crippen molar-refractivity contribution in [2.45, 2.75) is 77.7 Å². The summed E-state index contributed by atoms with van der Waals surface area (Å²) >= 11 is 2.04. The van der Waals surface area contributed by atoms with Gasteiger partial charge in [-0.2, -0.15) is 11.8 Å². The predicted molar refractivity (Wildman–Crippen MR) is 87.4 cm³/mol. The molecule has 0 radical (unpaired) electrons. The smallest absolute Gasteiger partial charge is 0.183 e. The lowest BCUT2D eigenvalue weighted by atomic mass is 10.1. The lowest BCUT2D eigenvalue weighted by molar-refractivity contribution is 0.192. The molecule has 0 aromatic rings. The van der Waals surface area contributed by atoms with Crippen LogP contribution in [0.1, 0.15) is 71.6 Å². The summed E-state index contributed by atoms with van der Waals surface area (Å²) < 4.78 is 6.18. The summed E-state index contributed by atoms with van der Waals surface area (Å²) in [7, 11) is 0. The fourth-order valence-electron chi connectivity index (χ4n) is 2.27. The third-order valence-electron chi connectivity index (χ3n) is 3.45. The SMILES string of the molecule is CCCCSCC(CCC)OC1=NCCCCCC1. The van der Waals surface area contributed by atoms with Crippen LogP contribution in [0.15, 0.2) is 4.99 Å². The first-order valence-electron chi connectivity index (χ1n) is 8.14. The highest BCUT2D eigenvalue weighted by molar-refractivity contribution is 7.99. The molecular formula is C16H31NOS. The number of unbranched alkanes of at least 4 members (excludes halogenated alkanes) is 1. The number of aliphatic imine (C=N–C) groups is 1. The van der Waals surface area contributed by atoms with Crippen LogP contribution in [-0.4, -0.2) is 30.1 Å². The van der Waals surface area contributed by atoms with Gasteiger partial charge in [0, 0.05) is 18.7 Å². The molecule has 1 atom stereocenters. The number of ether oxygens (including phenoxy) is 1. The zero-order valence-electron chi connectivity index (χ0n) is 12.8. The summed E-state index contributed by atoms with van der Waals surface area (Å²) in [5.74, 6) is 3.44. The number of nitrogens with zero attached hydrogens (tertiary/aromatic N) is 1. The number of rotatable bonds is 8. The second-order valence-electron chi connectivity index (χ2n) is 5.40. The summed E-state index contributed by atoms with van der Waals surface area (Å²) in [5.41, 5.74) is 0. The Morgan fingerprint density at radius 3 is 2.79 bits per heavy atom. The van der Waals surface area contributed by atoms with Gasteiger partial charge in [-0.25, -0.2) is 0 Å². The Bertz CT molecular complexity index is 243. The highest BCUT2D eigenvalue weighted by atomic mass is 32.2. The first kappa shape index (κ1) is 16.9. The van der Waals surface area contributed by atoms with Gasteiger partial charge in [0.05, 0.1) is 0 Å². The molecule has 0 bridgehead atoms. The quantitative estimate of drug-likeness (QED) is 0.581. The molecule has 0 saturated carbocycles. The van der Waals surface area contributed by atoms with Crippen LogP contribution in [0.4, 0.5) is 0 Å². The standard InChI is InChI=1S/C16H31NOS/c1-3-5-13-19-14-15(10-4-2)18-16-11-8-6-7-9-12-17-16/h15H,3-14H2,1-2H3. The summed E-state index contributed by atoms with van der Waals surface area (Å²) in [4.78, 5) is 4.63. The lowest BCUT2D eigenvalue weighted by Crippen LogP contribution is -2.21. The fourth-order valence-corrected chi connectivity index (χ4v) is 3.43. The molecule has 0 N–H and O–H groups in total. The molecule has 1 rings (SSSR count). The molecule has 0 spiro atoms. The summed E-state index contributed by atoms with van der Waals surface area (Å²) in [6, 6.07) is 0. The molecule has 2 nitrogen and oxygen atoms in total. The van der Waals surface area contributed by atoms with E-state index in [1.807, 2.05) is 11.8 Å². The van der Waals surface area contributed by atoms with E-state index in [4.69, 9.17) is 4.74 Å². The van der Waals surface area contributed by atoms with Crippen molar-refractivity contribution in [2.24, 2.45) is 4.99 Å². The second kappa shape index (κ2) is 11.6. The van der Waals surface area contributed by atoms with Crippen LogP contribution < -0.4 is 0 Å². The Hall–Kier alpha value is -0.180. The number of hydrogen-bond donors (Lipinski definition) is 0. The highest BCUT2D eigenvalue weighted by Crippen LogP contribution is 2.16. The first-order valence-corrected chi connectivity index (χ1v) is 9.30. The van der Waals surface area contributed by atoms with Gasteiger partial charge in [0.2, 0.25) is 0 Å². The van der Waals surface area contributed by atoms with Crippen molar-refractivity contribution in [3.8, 4) is 0 Å². The molecule has 1 aliphatic heterocycles. The average Bonchev–Trinajstić information content (AvgIpc) is 2.37. The molecule has 0 saturated heterocycles. The number of thioether (sulfide) groups is 1. The van der Waals surface area contributed by atoms with E-state index in [9.17, 15) is 0 Å². The molecule has 0 aliphatic carbocycles. The zero-order valence-corrected chi connectivity index (χ0v) is 13.6. The van der Waals surface area contributed by atoms with Gasteiger partial charge in [-0.3, -0.25) is 4.99 Å². The Balaban J connectivity index is 2.32. The van der Waals surface area contributed by atoms with E-state index in [2.05, 4.69) is 18.8 Å². The van der Waals surface area contributed by atoms with Crippen LogP contribution in [0, 0.1) is 0 Å². The second-order valence-corrected chi connectivity index (χ2v) is 6.55. The minimum absolute atomic E-state index is 0.380. The van der Waals surface area contributed by atoms with E-state index in [0.717, 1.165) is 31.0 Å². The van der Waals surface area contributed by atoms with Crippen molar-refractivity contribution < 1.29 is 4.74 Å². The molecular weight excluding hydrogens is 254 g/mol. The Morgan fingerprint density at radius 2 is 2.00 bits per heavy atom. The van der Waals surface area contributed by atoms with Crippen LogP contribution in [0.2, 0.25) is 0 Å². The minimum Gasteiger partial charge on any atom is -0.477 e. The molecule has 112 valence electrons. The number of hydrogen-bond acceptors (Lipinski definition) is 3. The zero-order chi connectivity index (χ0) is 13.8. The van der Waals surface area contributed by atoms with Crippen LogP contribution in [-0.2, 0) is 4.74 Å². The van der Waals surface area contributed by atoms with Crippen molar-refractivity contribution in [1.29, 1.82) is 0 Å². The van der Waals surface area contributed by atoms with Crippen LogP contribution in [0.5, 0.6) is 0 Å². The predicted octanol–water partition coefficient (Wildman–Crippen LogP) is 5.07. The molecule has 0 aromatic carbocycles. The Labute approximate surface area is 123 Å². The lowest BCUT2D eigenvalue weighted by Gasteiger charge is -2.20. The van der Waals surface area contributed by atoms with Gasteiger partial charge in [-0.1, -0.05) is 39.5 Å². The van der Waals surface area contributed by atoms with Gasteiger partial charge in [0.25, 0.3) is 0 Å². The molecule has 19 heavy (non-hydrogen) atoms. The topological polar surface area (TPSA) is 21.6 Å². The van der Waals surface area contributed by atoms with E-state index in [1.165, 1.54) is 50.7 Å². The van der Waals surface area contributed by atoms with E-state index in [1.54, 1.807) is 0 Å². The van der Waals surface area contributed by atoms with E-state index >= 15 is 0 Å². The largest absolute Gasteiger partial charge is 0.477 e. The maximum atomic E-state index is 6.18. The summed E-state index contributed by atoms with van der Waals surface area (Å²) in [6.07, 6.45) is 11.6. The van der Waals surface area contributed by atoms with Gasteiger partial charge >= 0.3 is 0 Å². The molecule has 1 heterocycles. The van der Waals surface area contributed by atoms with Gasteiger partial charge in [-0.05, 0) is 31.4 Å². The van der Waals surface area contributed by atoms with Crippen LogP contribution >= 0.6 is 11.8 Å². The van der Waals surface area contributed by atoms with E-state index < -0.39 is 0 Å². The van der Waals surface area contributed by atoms with Crippen molar-refractivity contribution >= 4 is 17.7 Å². The normalized spacial score (nSPS) is 18.3. The fraction of sp³-hybridized carbons (Fsp3) is 0.938. The molecule has 3 heteroatoms. The van der Waals surface area contributed by atoms with Crippen molar-refractivity contribution in [3.05, 3.63) is 0 Å². The molecule has 0 fully saturated rings. The monoisotopic (exact) mass is 285 g/mol. The van der Waals surface area contributed by atoms with Crippen LogP contribution in [0.25, 0.3) is 0 Å². The van der Waals surface area contributed by atoms with E-state index in [0.29, 0.717) is 6.10 Å². The summed E-state index contributed by atoms with van der Waals surface area (Å²) in [5, 5.41) is 0. The molecule has 1 unspecified atom stereocenters. The van der Waals surface area contributed by atoms with Crippen molar-refractivity contribution in [3.63, 3.8) is 0 Å². The van der Waals surface area contributed by atoms with Gasteiger partial charge in [-0.15, -0.1) is 0 Å². The Kier molecular flexibility index (Phi) is 10.3. The average molecular weight is 285 g/mol. The maximum absolute atomic E-state index is 6.18. The van der Waals surface area contributed by atoms with Gasteiger partial charge < -0.3 is 4.74 Å². The third kappa shape index (κ3) is 8.56. The summed E-state index contributed by atoms with van der Waals surface area (Å²) in [6.45, 7) is 5.47. The van der Waals surface area contributed by atoms with Crippen LogP contribution in [0.3, 0.4) is 0 Å². The molecule has 0 amide bonds. The first-order chi connectivity index (χ1) is 9.36. The van der Waals surface area contributed by atoms with Crippen molar-refractivity contribution in [2.75, 3.05) is 18.1 Å².